The number of halogens is 1. The minimum Gasteiger partial charge on any atom is -0.484 e. The standard InChI is InChI=1S/C13H16BrNO3/c14-12-4-3-11(5-10(12)7-16)18-8-13(17)15-6-9-1-2-9/h3-5,9,16H,1-2,6-8H2,(H,15,17). The number of carbonyl (C=O) groups is 1. The summed E-state index contributed by atoms with van der Waals surface area (Å²) in [5, 5.41) is 11.9. The predicted molar refractivity (Wildman–Crippen MR) is 71.3 cm³/mol. The molecule has 1 aromatic rings. The number of aliphatic hydroxyl groups is 1. The Morgan fingerprint density at radius 2 is 2.28 bits per heavy atom. The van der Waals surface area contributed by atoms with Crippen molar-refractivity contribution in [1.29, 1.82) is 0 Å². The van der Waals surface area contributed by atoms with Crippen LogP contribution in [0.25, 0.3) is 0 Å². The highest BCUT2D eigenvalue weighted by Crippen LogP contribution is 2.27. The van der Waals surface area contributed by atoms with Gasteiger partial charge in [-0.15, -0.1) is 0 Å². The molecule has 0 heterocycles. The smallest absolute Gasteiger partial charge is 0.257 e. The Bertz CT molecular complexity index is 432. The maximum atomic E-state index is 11.5. The molecule has 18 heavy (non-hydrogen) atoms. The lowest BCUT2D eigenvalue weighted by atomic mass is 10.2. The summed E-state index contributed by atoms with van der Waals surface area (Å²) in [4.78, 5) is 11.5. The molecule has 0 bridgehead atoms. The van der Waals surface area contributed by atoms with Gasteiger partial charge in [-0.05, 0) is 42.5 Å². The number of carbonyl (C=O) groups excluding carboxylic acids is 1. The molecule has 2 N–H and O–H groups in total. The Kier molecular flexibility index (Phi) is 4.60. The second-order valence-corrected chi connectivity index (χ2v) is 5.30. The van der Waals surface area contributed by atoms with E-state index in [4.69, 9.17) is 9.84 Å². The molecule has 98 valence electrons. The molecule has 1 fully saturated rings. The molecule has 0 aromatic heterocycles. The SMILES string of the molecule is O=C(COc1ccc(Br)c(CO)c1)NCC1CC1. The zero-order chi connectivity index (χ0) is 13.0. The zero-order valence-corrected chi connectivity index (χ0v) is 11.6. The van der Waals surface area contributed by atoms with Crippen LogP contribution in [-0.2, 0) is 11.4 Å². The summed E-state index contributed by atoms with van der Waals surface area (Å²) in [5.41, 5.74) is 0.742. The van der Waals surface area contributed by atoms with Crippen LogP contribution in [0.15, 0.2) is 22.7 Å². The third-order valence-corrected chi connectivity index (χ3v) is 3.62. The molecule has 1 saturated carbocycles. The number of hydrogen-bond donors (Lipinski definition) is 2. The fourth-order valence-corrected chi connectivity index (χ4v) is 1.91. The Hall–Kier alpha value is -1.07. The van der Waals surface area contributed by atoms with Gasteiger partial charge in [0.05, 0.1) is 6.61 Å². The number of nitrogens with one attached hydrogen (secondary N) is 1. The largest absolute Gasteiger partial charge is 0.484 e. The topological polar surface area (TPSA) is 58.6 Å². The van der Waals surface area contributed by atoms with Gasteiger partial charge in [-0.25, -0.2) is 0 Å². The fourth-order valence-electron chi connectivity index (χ4n) is 1.54. The Morgan fingerprint density at radius 3 is 2.94 bits per heavy atom. The van der Waals surface area contributed by atoms with Crippen LogP contribution in [0.4, 0.5) is 0 Å². The monoisotopic (exact) mass is 313 g/mol. The van der Waals surface area contributed by atoms with E-state index < -0.39 is 0 Å². The summed E-state index contributed by atoms with van der Waals surface area (Å²) in [6.07, 6.45) is 2.43. The molecule has 0 aliphatic heterocycles. The fraction of sp³-hybridized carbons (Fsp3) is 0.462. The molecule has 1 aliphatic carbocycles. The maximum absolute atomic E-state index is 11.5. The number of amides is 1. The van der Waals surface area contributed by atoms with Crippen LogP contribution in [0.3, 0.4) is 0 Å². The normalized spacial score (nSPS) is 14.3. The van der Waals surface area contributed by atoms with Crippen molar-refractivity contribution in [3.8, 4) is 5.75 Å². The number of benzene rings is 1. The summed E-state index contributed by atoms with van der Waals surface area (Å²) < 4.78 is 6.20. The van der Waals surface area contributed by atoms with Crippen LogP contribution in [0, 0.1) is 5.92 Å². The van der Waals surface area contributed by atoms with Crippen molar-refractivity contribution in [3.63, 3.8) is 0 Å². The Balaban J connectivity index is 1.79. The van der Waals surface area contributed by atoms with Crippen molar-refractivity contribution in [3.05, 3.63) is 28.2 Å². The van der Waals surface area contributed by atoms with E-state index >= 15 is 0 Å². The maximum Gasteiger partial charge on any atom is 0.257 e. The quantitative estimate of drug-likeness (QED) is 0.842. The lowest BCUT2D eigenvalue weighted by Crippen LogP contribution is -2.30. The van der Waals surface area contributed by atoms with E-state index in [1.807, 2.05) is 0 Å². The van der Waals surface area contributed by atoms with Crippen molar-refractivity contribution in [2.45, 2.75) is 19.4 Å². The van der Waals surface area contributed by atoms with Crippen molar-refractivity contribution >= 4 is 21.8 Å². The molecule has 0 saturated heterocycles. The molecule has 5 heteroatoms. The summed E-state index contributed by atoms with van der Waals surface area (Å²) in [5.74, 6) is 1.15. The third kappa shape index (κ3) is 3.99. The summed E-state index contributed by atoms with van der Waals surface area (Å²) >= 11 is 3.32. The molecular weight excluding hydrogens is 298 g/mol. The van der Waals surface area contributed by atoms with Crippen molar-refractivity contribution < 1.29 is 14.6 Å². The zero-order valence-electron chi connectivity index (χ0n) is 9.99. The molecular formula is C13H16BrNO3. The summed E-state index contributed by atoms with van der Waals surface area (Å²) in [7, 11) is 0. The number of rotatable bonds is 6. The number of hydrogen-bond acceptors (Lipinski definition) is 3. The van der Waals surface area contributed by atoms with Gasteiger partial charge in [0, 0.05) is 11.0 Å². The van der Waals surface area contributed by atoms with E-state index in [0.29, 0.717) is 11.7 Å². The lowest BCUT2D eigenvalue weighted by molar-refractivity contribution is -0.123. The van der Waals surface area contributed by atoms with Crippen LogP contribution in [0.2, 0.25) is 0 Å². The van der Waals surface area contributed by atoms with Crippen LogP contribution < -0.4 is 10.1 Å². The van der Waals surface area contributed by atoms with E-state index in [2.05, 4.69) is 21.2 Å². The van der Waals surface area contributed by atoms with Crippen molar-refractivity contribution in [2.24, 2.45) is 5.92 Å². The van der Waals surface area contributed by atoms with Gasteiger partial charge in [-0.3, -0.25) is 4.79 Å². The van der Waals surface area contributed by atoms with Gasteiger partial charge >= 0.3 is 0 Å². The van der Waals surface area contributed by atoms with Gasteiger partial charge in [0.1, 0.15) is 5.75 Å². The first-order chi connectivity index (χ1) is 8.69. The second-order valence-electron chi connectivity index (χ2n) is 4.45. The number of ether oxygens (including phenoxy) is 1. The first-order valence-electron chi connectivity index (χ1n) is 5.98. The molecule has 0 spiro atoms. The minimum atomic E-state index is -0.102. The molecule has 1 amide bonds. The van der Waals surface area contributed by atoms with E-state index in [1.54, 1.807) is 18.2 Å². The van der Waals surface area contributed by atoms with E-state index in [9.17, 15) is 4.79 Å². The average Bonchev–Trinajstić information content (AvgIpc) is 3.19. The molecule has 1 aromatic carbocycles. The van der Waals surface area contributed by atoms with Crippen LogP contribution in [-0.4, -0.2) is 24.2 Å². The highest BCUT2D eigenvalue weighted by Gasteiger charge is 2.21. The average molecular weight is 314 g/mol. The first kappa shape index (κ1) is 13.4. The van der Waals surface area contributed by atoms with E-state index in [0.717, 1.165) is 16.6 Å². The van der Waals surface area contributed by atoms with Gasteiger partial charge in [-0.1, -0.05) is 15.9 Å². The predicted octanol–water partition coefficient (Wildman–Crippen LogP) is 1.85. The lowest BCUT2D eigenvalue weighted by Gasteiger charge is -2.09. The highest BCUT2D eigenvalue weighted by atomic mass is 79.9. The molecule has 0 radical (unpaired) electrons. The van der Waals surface area contributed by atoms with Gasteiger partial charge < -0.3 is 15.2 Å². The third-order valence-electron chi connectivity index (χ3n) is 2.84. The Morgan fingerprint density at radius 1 is 1.50 bits per heavy atom. The van der Waals surface area contributed by atoms with Crippen molar-refractivity contribution in [2.75, 3.05) is 13.2 Å². The first-order valence-corrected chi connectivity index (χ1v) is 6.77. The van der Waals surface area contributed by atoms with Crippen LogP contribution >= 0.6 is 15.9 Å². The highest BCUT2D eigenvalue weighted by molar-refractivity contribution is 9.10. The van der Waals surface area contributed by atoms with E-state index in [1.165, 1.54) is 12.8 Å². The molecule has 1 aliphatic rings. The molecule has 4 nitrogen and oxygen atoms in total. The molecule has 0 atom stereocenters. The van der Waals surface area contributed by atoms with Gasteiger partial charge in [-0.2, -0.15) is 0 Å². The van der Waals surface area contributed by atoms with Gasteiger partial charge in [0.2, 0.25) is 0 Å². The molecule has 2 rings (SSSR count). The second kappa shape index (κ2) is 6.20. The summed E-state index contributed by atoms with van der Waals surface area (Å²) in [6, 6.07) is 5.28. The molecule has 0 unspecified atom stereocenters. The summed E-state index contributed by atoms with van der Waals surface area (Å²) in [6.45, 7) is 0.704. The van der Waals surface area contributed by atoms with Gasteiger partial charge in [0.25, 0.3) is 5.91 Å². The Labute approximate surface area is 114 Å². The van der Waals surface area contributed by atoms with Gasteiger partial charge in [0.15, 0.2) is 6.61 Å². The number of aliphatic hydroxyl groups excluding tert-OH is 1. The minimum absolute atomic E-state index is 0.0131. The van der Waals surface area contributed by atoms with Crippen molar-refractivity contribution in [1.82, 2.24) is 5.32 Å². The van der Waals surface area contributed by atoms with Crippen LogP contribution in [0.5, 0.6) is 5.75 Å². The van der Waals surface area contributed by atoms with E-state index in [-0.39, 0.29) is 19.1 Å². The van der Waals surface area contributed by atoms with Crippen LogP contribution in [0.1, 0.15) is 18.4 Å².